The van der Waals surface area contributed by atoms with Crippen LogP contribution in [0.3, 0.4) is 0 Å². The van der Waals surface area contributed by atoms with Crippen molar-refractivity contribution in [1.82, 2.24) is 15.1 Å². The summed E-state index contributed by atoms with van der Waals surface area (Å²) in [6.45, 7) is 9.04. The number of nitrogens with zero attached hydrogens (tertiary/aromatic N) is 2. The molecule has 15 heavy (non-hydrogen) atoms. The van der Waals surface area contributed by atoms with Crippen LogP contribution in [0.2, 0.25) is 0 Å². The monoisotopic (exact) mass is 210 g/mol. The minimum atomic E-state index is 0.173. The lowest BCUT2D eigenvalue weighted by molar-refractivity contribution is 0.209. The van der Waals surface area contributed by atoms with Crippen LogP contribution < -0.4 is 5.73 Å². The lowest BCUT2D eigenvalue weighted by atomic mass is 9.93. The van der Waals surface area contributed by atoms with E-state index in [0.29, 0.717) is 6.54 Å². The van der Waals surface area contributed by atoms with Crippen molar-refractivity contribution in [1.29, 1.82) is 0 Å². The Morgan fingerprint density at radius 2 is 2.20 bits per heavy atom. The lowest BCUT2D eigenvalue weighted by Crippen LogP contribution is -2.36. The Morgan fingerprint density at radius 1 is 1.53 bits per heavy atom. The third-order valence-electron chi connectivity index (χ3n) is 2.63. The van der Waals surface area contributed by atoms with Crippen molar-refractivity contribution < 1.29 is 0 Å². The molecular weight excluding hydrogens is 188 g/mol. The number of aromatic amines is 1. The van der Waals surface area contributed by atoms with Crippen LogP contribution in [0.4, 0.5) is 0 Å². The van der Waals surface area contributed by atoms with Crippen molar-refractivity contribution in [2.75, 3.05) is 20.1 Å². The van der Waals surface area contributed by atoms with Crippen molar-refractivity contribution in [3.8, 4) is 0 Å². The van der Waals surface area contributed by atoms with E-state index in [1.807, 2.05) is 13.1 Å². The minimum Gasteiger partial charge on any atom is -0.330 e. The zero-order chi connectivity index (χ0) is 11.5. The molecule has 0 aliphatic rings. The quantitative estimate of drug-likeness (QED) is 0.766. The molecule has 1 aromatic heterocycles. The molecule has 0 unspecified atom stereocenters. The molecule has 3 N–H and O–H groups in total. The Hall–Kier alpha value is -0.870. The second-order valence-electron chi connectivity index (χ2n) is 5.06. The maximum atomic E-state index is 5.71. The van der Waals surface area contributed by atoms with Crippen molar-refractivity contribution in [2.45, 2.75) is 27.3 Å². The van der Waals surface area contributed by atoms with Crippen LogP contribution in [0, 0.1) is 12.3 Å². The summed E-state index contributed by atoms with van der Waals surface area (Å²) in [4.78, 5) is 2.28. The molecule has 0 saturated heterocycles. The number of rotatable bonds is 5. The summed E-state index contributed by atoms with van der Waals surface area (Å²) < 4.78 is 0. The predicted molar refractivity (Wildman–Crippen MR) is 62.5 cm³/mol. The molecule has 1 aromatic rings. The second kappa shape index (κ2) is 4.77. The molecule has 4 heteroatoms. The summed E-state index contributed by atoms with van der Waals surface area (Å²) in [6.07, 6.45) is 1.89. The van der Waals surface area contributed by atoms with Crippen molar-refractivity contribution in [2.24, 2.45) is 11.1 Å². The van der Waals surface area contributed by atoms with E-state index in [1.54, 1.807) is 0 Å². The summed E-state index contributed by atoms with van der Waals surface area (Å²) in [7, 11) is 2.11. The van der Waals surface area contributed by atoms with Gasteiger partial charge in [-0.15, -0.1) is 0 Å². The highest BCUT2D eigenvalue weighted by molar-refractivity contribution is 5.13. The van der Waals surface area contributed by atoms with Gasteiger partial charge in [0, 0.05) is 24.3 Å². The standard InChI is InChI=1S/C11H22N4/c1-9-10(5-13-14-9)6-15(4)8-11(2,3)7-12/h5H,6-8,12H2,1-4H3,(H,13,14). The van der Waals surface area contributed by atoms with Crippen molar-refractivity contribution >= 4 is 0 Å². The number of nitrogens with one attached hydrogen (secondary N) is 1. The Balaban J connectivity index is 2.50. The Labute approximate surface area is 91.8 Å². The summed E-state index contributed by atoms with van der Waals surface area (Å²) in [5.74, 6) is 0. The van der Waals surface area contributed by atoms with Crippen LogP contribution in [0.5, 0.6) is 0 Å². The van der Waals surface area contributed by atoms with Gasteiger partial charge in [0.15, 0.2) is 0 Å². The van der Waals surface area contributed by atoms with E-state index < -0.39 is 0 Å². The highest BCUT2D eigenvalue weighted by Gasteiger charge is 2.18. The molecule has 0 aromatic carbocycles. The zero-order valence-corrected chi connectivity index (χ0v) is 10.2. The van der Waals surface area contributed by atoms with Gasteiger partial charge >= 0.3 is 0 Å². The van der Waals surface area contributed by atoms with E-state index in [2.05, 4.69) is 36.0 Å². The smallest absolute Gasteiger partial charge is 0.0535 e. The summed E-state index contributed by atoms with van der Waals surface area (Å²) >= 11 is 0. The summed E-state index contributed by atoms with van der Waals surface area (Å²) in [5.41, 5.74) is 8.29. The number of H-pyrrole nitrogens is 1. The first kappa shape index (κ1) is 12.2. The average Bonchev–Trinajstić information content (AvgIpc) is 2.51. The average molecular weight is 210 g/mol. The van der Waals surface area contributed by atoms with Crippen molar-refractivity contribution in [3.63, 3.8) is 0 Å². The largest absolute Gasteiger partial charge is 0.330 e. The highest BCUT2D eigenvalue weighted by Crippen LogP contribution is 2.16. The summed E-state index contributed by atoms with van der Waals surface area (Å²) in [6, 6.07) is 0. The van der Waals surface area contributed by atoms with Crippen LogP contribution in [-0.2, 0) is 6.54 Å². The van der Waals surface area contributed by atoms with Gasteiger partial charge in [-0.05, 0) is 25.9 Å². The van der Waals surface area contributed by atoms with E-state index in [9.17, 15) is 0 Å². The molecular formula is C11H22N4. The van der Waals surface area contributed by atoms with E-state index >= 15 is 0 Å². The van der Waals surface area contributed by atoms with Crippen LogP contribution in [0.25, 0.3) is 0 Å². The first-order valence-electron chi connectivity index (χ1n) is 5.32. The van der Waals surface area contributed by atoms with E-state index in [4.69, 9.17) is 5.73 Å². The number of nitrogens with two attached hydrogens (primary N) is 1. The molecule has 1 rings (SSSR count). The lowest BCUT2D eigenvalue weighted by Gasteiger charge is -2.28. The van der Waals surface area contributed by atoms with Crippen LogP contribution >= 0.6 is 0 Å². The van der Waals surface area contributed by atoms with Crippen LogP contribution in [0.1, 0.15) is 25.1 Å². The third-order valence-corrected chi connectivity index (χ3v) is 2.63. The molecule has 86 valence electrons. The number of aromatic nitrogens is 2. The van der Waals surface area contributed by atoms with Crippen LogP contribution in [0.15, 0.2) is 6.20 Å². The normalized spacial score (nSPS) is 12.4. The minimum absolute atomic E-state index is 0.173. The van der Waals surface area contributed by atoms with Gasteiger partial charge in [-0.3, -0.25) is 5.10 Å². The number of aryl methyl sites for hydroxylation is 1. The molecule has 0 radical (unpaired) electrons. The molecule has 4 nitrogen and oxygen atoms in total. The van der Waals surface area contributed by atoms with Crippen molar-refractivity contribution in [3.05, 3.63) is 17.5 Å². The van der Waals surface area contributed by atoms with E-state index in [-0.39, 0.29) is 5.41 Å². The molecule has 0 fully saturated rings. The maximum Gasteiger partial charge on any atom is 0.0535 e. The number of hydrogen-bond donors (Lipinski definition) is 2. The molecule has 0 aliphatic heterocycles. The Morgan fingerprint density at radius 3 is 2.67 bits per heavy atom. The van der Waals surface area contributed by atoms with Gasteiger partial charge in [0.2, 0.25) is 0 Å². The predicted octanol–water partition coefficient (Wildman–Crippen LogP) is 1.13. The van der Waals surface area contributed by atoms with Gasteiger partial charge in [0.05, 0.1) is 6.20 Å². The van der Waals surface area contributed by atoms with Crippen LogP contribution in [-0.4, -0.2) is 35.2 Å². The molecule has 0 spiro atoms. The fraction of sp³-hybridized carbons (Fsp3) is 0.727. The third kappa shape index (κ3) is 3.64. The van der Waals surface area contributed by atoms with Gasteiger partial charge in [-0.1, -0.05) is 13.8 Å². The van der Waals surface area contributed by atoms with Gasteiger partial charge in [0.1, 0.15) is 0 Å². The zero-order valence-electron chi connectivity index (χ0n) is 10.2. The first-order valence-corrected chi connectivity index (χ1v) is 5.32. The fourth-order valence-corrected chi connectivity index (χ4v) is 1.68. The molecule has 0 saturated carbocycles. The SMILES string of the molecule is Cc1[nH]ncc1CN(C)CC(C)(C)CN. The first-order chi connectivity index (χ1) is 6.94. The Bertz CT molecular complexity index is 303. The topological polar surface area (TPSA) is 57.9 Å². The van der Waals surface area contributed by atoms with Gasteiger partial charge in [-0.25, -0.2) is 0 Å². The number of hydrogen-bond acceptors (Lipinski definition) is 3. The second-order valence-corrected chi connectivity index (χ2v) is 5.06. The molecule has 0 atom stereocenters. The maximum absolute atomic E-state index is 5.71. The Kier molecular flexibility index (Phi) is 3.88. The molecule has 0 bridgehead atoms. The molecule has 1 heterocycles. The van der Waals surface area contributed by atoms with Gasteiger partial charge in [0.25, 0.3) is 0 Å². The fourth-order valence-electron chi connectivity index (χ4n) is 1.68. The van der Waals surface area contributed by atoms with Gasteiger partial charge < -0.3 is 10.6 Å². The molecule has 0 aliphatic carbocycles. The van der Waals surface area contributed by atoms with Gasteiger partial charge in [-0.2, -0.15) is 5.10 Å². The highest BCUT2D eigenvalue weighted by atomic mass is 15.1. The summed E-state index contributed by atoms with van der Waals surface area (Å²) in [5, 5.41) is 6.96. The molecule has 0 amide bonds. The van der Waals surface area contributed by atoms with E-state index in [0.717, 1.165) is 18.8 Å². The van der Waals surface area contributed by atoms with E-state index in [1.165, 1.54) is 5.56 Å².